The minimum absolute atomic E-state index is 0.129. The van der Waals surface area contributed by atoms with Gasteiger partial charge in [-0.25, -0.2) is 9.67 Å². The molecule has 0 bridgehead atoms. The molecule has 3 rings (SSSR count). The van der Waals surface area contributed by atoms with E-state index >= 15 is 0 Å². The Morgan fingerprint density at radius 1 is 1.21 bits per heavy atom. The molecule has 0 radical (unpaired) electrons. The fraction of sp³-hybridized carbons (Fsp3) is 0.235. The second-order valence-electron chi connectivity index (χ2n) is 5.48. The molecule has 0 unspecified atom stereocenters. The first-order valence-electron chi connectivity index (χ1n) is 7.66. The lowest BCUT2D eigenvalue weighted by molar-refractivity contribution is -0.119. The Bertz CT molecular complexity index is 795. The molecular formula is C17H19N5OS. The van der Waals surface area contributed by atoms with Gasteiger partial charge in [-0.05, 0) is 50.2 Å². The Morgan fingerprint density at radius 3 is 2.58 bits per heavy atom. The van der Waals surface area contributed by atoms with E-state index in [0.717, 1.165) is 17.9 Å². The van der Waals surface area contributed by atoms with Crippen molar-refractivity contribution in [3.8, 4) is 0 Å². The summed E-state index contributed by atoms with van der Waals surface area (Å²) >= 11 is 1.79. The molecule has 2 heterocycles. The number of hydrogen-bond acceptors (Lipinski definition) is 5. The first-order valence-corrected chi connectivity index (χ1v) is 8.48. The van der Waals surface area contributed by atoms with Gasteiger partial charge in [0.25, 0.3) is 0 Å². The Balaban J connectivity index is 1.55. The van der Waals surface area contributed by atoms with Crippen LogP contribution in [0.5, 0.6) is 0 Å². The number of aromatic nitrogens is 3. The van der Waals surface area contributed by atoms with E-state index in [1.807, 2.05) is 24.3 Å². The highest BCUT2D eigenvalue weighted by Crippen LogP contribution is 2.19. The van der Waals surface area contributed by atoms with Gasteiger partial charge in [-0.2, -0.15) is 5.10 Å². The smallest absolute Gasteiger partial charge is 0.249 e. The second-order valence-corrected chi connectivity index (χ2v) is 6.86. The molecule has 0 saturated carbocycles. The lowest BCUT2D eigenvalue weighted by atomic mass is 10.2. The van der Waals surface area contributed by atoms with Gasteiger partial charge in [-0.15, -0.1) is 11.3 Å². The van der Waals surface area contributed by atoms with Crippen molar-refractivity contribution >= 4 is 28.6 Å². The van der Waals surface area contributed by atoms with E-state index in [1.165, 1.54) is 27.1 Å². The molecule has 1 atom stereocenters. The summed E-state index contributed by atoms with van der Waals surface area (Å²) in [5.41, 5.74) is 1.77. The number of aryl methyl sites for hydroxylation is 1. The van der Waals surface area contributed by atoms with E-state index in [0.29, 0.717) is 0 Å². The van der Waals surface area contributed by atoms with Crippen molar-refractivity contribution < 1.29 is 4.79 Å². The van der Waals surface area contributed by atoms with Crippen molar-refractivity contribution in [2.24, 2.45) is 0 Å². The van der Waals surface area contributed by atoms with Crippen LogP contribution in [-0.2, 0) is 11.3 Å². The molecule has 7 heteroatoms. The SMILES string of the molecule is Cc1ccc(CNc2ccc(NC(=O)[C@H](C)n3cncn3)cc2)s1. The fourth-order valence-corrected chi connectivity index (χ4v) is 3.06. The first-order chi connectivity index (χ1) is 11.6. The molecule has 0 aliphatic rings. The predicted molar refractivity (Wildman–Crippen MR) is 96.2 cm³/mol. The fourth-order valence-electron chi connectivity index (χ4n) is 2.22. The number of amides is 1. The number of nitrogens with zero attached hydrogens (tertiary/aromatic N) is 3. The van der Waals surface area contributed by atoms with Crippen LogP contribution in [0.15, 0.2) is 49.1 Å². The molecule has 3 aromatic rings. The maximum absolute atomic E-state index is 12.2. The van der Waals surface area contributed by atoms with Gasteiger partial charge >= 0.3 is 0 Å². The van der Waals surface area contributed by atoms with Crippen molar-refractivity contribution in [2.75, 3.05) is 10.6 Å². The van der Waals surface area contributed by atoms with Crippen molar-refractivity contribution in [3.63, 3.8) is 0 Å². The molecule has 24 heavy (non-hydrogen) atoms. The van der Waals surface area contributed by atoms with E-state index in [-0.39, 0.29) is 5.91 Å². The van der Waals surface area contributed by atoms with Gasteiger partial charge < -0.3 is 10.6 Å². The minimum Gasteiger partial charge on any atom is -0.380 e. The number of rotatable bonds is 6. The standard InChI is InChI=1S/C17H19N5OS/c1-12-3-8-16(24-12)9-19-14-4-6-15(7-5-14)21-17(23)13(2)22-11-18-10-20-22/h3-8,10-11,13,19H,9H2,1-2H3,(H,21,23)/t13-/m0/s1. The normalized spacial score (nSPS) is 11.9. The van der Waals surface area contributed by atoms with Crippen LogP contribution in [0, 0.1) is 6.92 Å². The van der Waals surface area contributed by atoms with E-state index < -0.39 is 6.04 Å². The average Bonchev–Trinajstić information content (AvgIpc) is 3.25. The summed E-state index contributed by atoms with van der Waals surface area (Å²) in [6.45, 7) is 4.68. The zero-order valence-electron chi connectivity index (χ0n) is 13.6. The van der Waals surface area contributed by atoms with Gasteiger partial charge in [-0.3, -0.25) is 4.79 Å². The Hall–Kier alpha value is -2.67. The molecular weight excluding hydrogens is 322 g/mol. The van der Waals surface area contributed by atoms with E-state index in [4.69, 9.17) is 0 Å². The lowest BCUT2D eigenvalue weighted by Gasteiger charge is -2.12. The molecule has 6 nitrogen and oxygen atoms in total. The number of hydrogen-bond donors (Lipinski definition) is 2. The van der Waals surface area contributed by atoms with Crippen molar-refractivity contribution in [2.45, 2.75) is 26.4 Å². The topological polar surface area (TPSA) is 71.8 Å². The number of carbonyl (C=O) groups excluding carboxylic acids is 1. The number of anilines is 2. The summed E-state index contributed by atoms with van der Waals surface area (Å²) in [6.07, 6.45) is 2.95. The van der Waals surface area contributed by atoms with Crippen molar-refractivity contribution in [1.82, 2.24) is 14.8 Å². The summed E-state index contributed by atoms with van der Waals surface area (Å²) in [5.74, 6) is -0.129. The lowest BCUT2D eigenvalue weighted by Crippen LogP contribution is -2.24. The Morgan fingerprint density at radius 2 is 1.96 bits per heavy atom. The highest BCUT2D eigenvalue weighted by Gasteiger charge is 2.15. The van der Waals surface area contributed by atoms with Crippen LogP contribution in [0.3, 0.4) is 0 Å². The summed E-state index contributed by atoms with van der Waals surface area (Å²) < 4.78 is 1.52. The molecule has 0 aliphatic carbocycles. The van der Waals surface area contributed by atoms with Crippen LogP contribution < -0.4 is 10.6 Å². The molecule has 1 amide bonds. The minimum atomic E-state index is -0.410. The summed E-state index contributed by atoms with van der Waals surface area (Å²) in [6, 6.07) is 11.5. The van der Waals surface area contributed by atoms with Crippen LogP contribution in [-0.4, -0.2) is 20.7 Å². The predicted octanol–water partition coefficient (Wildman–Crippen LogP) is 3.46. The Kier molecular flexibility index (Phi) is 4.90. The third-order valence-electron chi connectivity index (χ3n) is 3.63. The molecule has 2 N–H and O–H groups in total. The molecule has 1 aromatic carbocycles. The molecule has 0 saturated heterocycles. The van der Waals surface area contributed by atoms with Crippen LogP contribution in [0.25, 0.3) is 0 Å². The van der Waals surface area contributed by atoms with Gasteiger partial charge in [0.15, 0.2) is 0 Å². The number of nitrogens with one attached hydrogen (secondary N) is 2. The number of thiophene rings is 1. The second kappa shape index (κ2) is 7.27. The maximum Gasteiger partial charge on any atom is 0.249 e. The summed E-state index contributed by atoms with van der Waals surface area (Å²) in [5, 5.41) is 10.2. The third kappa shape index (κ3) is 3.99. The zero-order valence-corrected chi connectivity index (χ0v) is 14.4. The highest BCUT2D eigenvalue weighted by atomic mass is 32.1. The van der Waals surface area contributed by atoms with Gasteiger partial charge in [0.05, 0.1) is 0 Å². The van der Waals surface area contributed by atoms with Crippen LogP contribution >= 0.6 is 11.3 Å². The van der Waals surface area contributed by atoms with Crippen molar-refractivity contribution in [1.29, 1.82) is 0 Å². The first kappa shape index (κ1) is 16.2. The largest absolute Gasteiger partial charge is 0.380 e. The van der Waals surface area contributed by atoms with Crippen LogP contribution in [0.4, 0.5) is 11.4 Å². The van der Waals surface area contributed by atoms with Gasteiger partial charge in [0, 0.05) is 27.7 Å². The molecule has 0 aliphatic heterocycles. The number of carbonyl (C=O) groups is 1. The maximum atomic E-state index is 12.2. The quantitative estimate of drug-likeness (QED) is 0.720. The third-order valence-corrected chi connectivity index (χ3v) is 4.63. The van der Waals surface area contributed by atoms with Gasteiger partial charge in [-0.1, -0.05) is 0 Å². The zero-order chi connectivity index (χ0) is 16.9. The molecule has 124 valence electrons. The van der Waals surface area contributed by atoms with Crippen LogP contribution in [0.2, 0.25) is 0 Å². The summed E-state index contributed by atoms with van der Waals surface area (Å²) in [4.78, 5) is 18.7. The molecule has 0 spiro atoms. The van der Waals surface area contributed by atoms with Crippen molar-refractivity contribution in [3.05, 3.63) is 58.8 Å². The molecule has 2 aromatic heterocycles. The van der Waals surface area contributed by atoms with E-state index in [9.17, 15) is 4.79 Å². The molecule has 0 fully saturated rings. The highest BCUT2D eigenvalue weighted by molar-refractivity contribution is 7.11. The van der Waals surface area contributed by atoms with E-state index in [2.05, 4.69) is 39.8 Å². The average molecular weight is 341 g/mol. The van der Waals surface area contributed by atoms with Gasteiger partial charge in [0.2, 0.25) is 5.91 Å². The van der Waals surface area contributed by atoms with Crippen LogP contribution in [0.1, 0.15) is 22.7 Å². The van der Waals surface area contributed by atoms with E-state index in [1.54, 1.807) is 18.3 Å². The number of benzene rings is 1. The van der Waals surface area contributed by atoms with Gasteiger partial charge in [0.1, 0.15) is 18.7 Å². The summed E-state index contributed by atoms with van der Waals surface area (Å²) in [7, 11) is 0. The monoisotopic (exact) mass is 341 g/mol. The Labute approximate surface area is 144 Å².